The Hall–Kier alpha value is -3.87. The zero-order valence-corrected chi connectivity index (χ0v) is 18.4. The molecule has 0 aliphatic heterocycles. The van der Waals surface area contributed by atoms with E-state index < -0.39 is 5.91 Å². The van der Waals surface area contributed by atoms with Crippen LogP contribution in [0.5, 0.6) is 5.75 Å². The molecular weight excluding hydrogens is 404 g/mol. The maximum atomic E-state index is 12.5. The van der Waals surface area contributed by atoms with Gasteiger partial charge in [-0.3, -0.25) is 10.1 Å². The smallest absolute Gasteiger partial charge is 0.293 e. The van der Waals surface area contributed by atoms with Gasteiger partial charge in [0.15, 0.2) is 5.76 Å². The number of ether oxygens (including phenoxy) is 1. The molecule has 1 amide bonds. The number of carbonyl (C=O) groups is 1. The van der Waals surface area contributed by atoms with Crippen molar-refractivity contribution in [2.45, 2.75) is 39.3 Å². The molecule has 0 aliphatic carbocycles. The van der Waals surface area contributed by atoms with Crippen molar-refractivity contribution < 1.29 is 13.9 Å². The maximum absolute atomic E-state index is 12.5. The number of carbonyl (C=O) groups excluding carboxylic acids is 1. The third-order valence-electron chi connectivity index (χ3n) is 4.94. The molecule has 0 saturated heterocycles. The molecule has 0 fully saturated rings. The Kier molecular flexibility index (Phi) is 6.07. The van der Waals surface area contributed by atoms with E-state index >= 15 is 0 Å². The molecule has 0 spiro atoms. The standard InChI is InChI=1S/C25H26N4O3/c1-25(2,3)19-9-11-20(12-10-19)31-16-21-13-14-22(32-21)23(30)27-24-26-17-29(28-24)15-18-7-5-4-6-8-18/h4-14,17H,15-16H2,1-3H3,(H,27,28,30). The lowest BCUT2D eigenvalue weighted by Gasteiger charge is -2.19. The van der Waals surface area contributed by atoms with Gasteiger partial charge >= 0.3 is 0 Å². The van der Waals surface area contributed by atoms with E-state index in [2.05, 4.69) is 48.3 Å². The van der Waals surface area contributed by atoms with E-state index in [0.29, 0.717) is 12.3 Å². The number of benzene rings is 2. The number of hydrogen-bond acceptors (Lipinski definition) is 5. The molecule has 1 N–H and O–H groups in total. The number of nitrogens with one attached hydrogen (secondary N) is 1. The fourth-order valence-corrected chi connectivity index (χ4v) is 3.14. The number of amides is 1. The van der Waals surface area contributed by atoms with E-state index in [9.17, 15) is 4.79 Å². The van der Waals surface area contributed by atoms with Gasteiger partial charge in [-0.05, 0) is 40.8 Å². The van der Waals surface area contributed by atoms with Gasteiger partial charge < -0.3 is 9.15 Å². The minimum Gasteiger partial charge on any atom is -0.486 e. The van der Waals surface area contributed by atoms with Gasteiger partial charge in [-0.15, -0.1) is 5.10 Å². The summed E-state index contributed by atoms with van der Waals surface area (Å²) in [6.45, 7) is 7.30. The average molecular weight is 431 g/mol. The summed E-state index contributed by atoms with van der Waals surface area (Å²) in [5.74, 6) is 1.28. The van der Waals surface area contributed by atoms with Crippen molar-refractivity contribution in [3.63, 3.8) is 0 Å². The highest BCUT2D eigenvalue weighted by Gasteiger charge is 2.15. The number of nitrogens with zero attached hydrogens (tertiary/aromatic N) is 3. The van der Waals surface area contributed by atoms with Gasteiger partial charge in [0.1, 0.15) is 24.4 Å². The van der Waals surface area contributed by atoms with E-state index in [1.54, 1.807) is 23.1 Å². The van der Waals surface area contributed by atoms with Crippen molar-refractivity contribution >= 4 is 11.9 Å². The molecule has 0 saturated carbocycles. The minimum absolute atomic E-state index is 0.0913. The molecule has 2 aromatic heterocycles. The second-order valence-corrected chi connectivity index (χ2v) is 8.53. The molecule has 0 atom stereocenters. The van der Waals surface area contributed by atoms with Crippen molar-refractivity contribution in [3.8, 4) is 5.75 Å². The van der Waals surface area contributed by atoms with Crippen molar-refractivity contribution in [1.29, 1.82) is 0 Å². The molecule has 2 heterocycles. The molecule has 2 aromatic carbocycles. The van der Waals surface area contributed by atoms with Crippen molar-refractivity contribution in [2.24, 2.45) is 0 Å². The van der Waals surface area contributed by atoms with E-state index in [4.69, 9.17) is 9.15 Å². The summed E-state index contributed by atoms with van der Waals surface area (Å²) >= 11 is 0. The Balaban J connectivity index is 1.31. The molecular formula is C25H26N4O3. The van der Waals surface area contributed by atoms with E-state index in [-0.39, 0.29) is 23.7 Å². The van der Waals surface area contributed by atoms with Crippen LogP contribution in [0, 0.1) is 0 Å². The highest BCUT2D eigenvalue weighted by molar-refractivity contribution is 6.01. The third-order valence-corrected chi connectivity index (χ3v) is 4.94. The van der Waals surface area contributed by atoms with Gasteiger partial charge in [0, 0.05) is 0 Å². The lowest BCUT2D eigenvalue weighted by molar-refractivity contribution is 0.0991. The summed E-state index contributed by atoms with van der Waals surface area (Å²) in [5, 5.41) is 6.94. The Morgan fingerprint density at radius 1 is 1.03 bits per heavy atom. The number of aromatic nitrogens is 3. The van der Waals surface area contributed by atoms with Crippen LogP contribution in [0.3, 0.4) is 0 Å². The molecule has 4 rings (SSSR count). The zero-order chi connectivity index (χ0) is 22.6. The number of hydrogen-bond donors (Lipinski definition) is 1. The summed E-state index contributed by atoms with van der Waals surface area (Å²) in [6.07, 6.45) is 1.58. The Morgan fingerprint density at radius 2 is 1.78 bits per heavy atom. The van der Waals surface area contributed by atoms with E-state index in [1.165, 1.54) is 5.56 Å². The highest BCUT2D eigenvalue weighted by Crippen LogP contribution is 2.24. The van der Waals surface area contributed by atoms with Crippen LogP contribution in [0.15, 0.2) is 77.5 Å². The van der Waals surface area contributed by atoms with Crippen LogP contribution in [0.2, 0.25) is 0 Å². The first-order chi connectivity index (χ1) is 15.4. The number of rotatable bonds is 7. The first-order valence-corrected chi connectivity index (χ1v) is 10.4. The van der Waals surface area contributed by atoms with Crippen molar-refractivity contribution in [2.75, 3.05) is 5.32 Å². The quantitative estimate of drug-likeness (QED) is 0.444. The minimum atomic E-state index is -0.414. The SMILES string of the molecule is CC(C)(C)c1ccc(OCc2ccc(C(=O)Nc3ncn(Cc4ccccc4)n3)o2)cc1. The average Bonchev–Trinajstić information content (AvgIpc) is 3.42. The summed E-state index contributed by atoms with van der Waals surface area (Å²) < 4.78 is 13.1. The molecule has 7 heteroatoms. The van der Waals surface area contributed by atoms with Gasteiger partial charge in [0.25, 0.3) is 5.91 Å². The van der Waals surface area contributed by atoms with Crippen LogP contribution in [0.1, 0.15) is 48.2 Å². The monoisotopic (exact) mass is 430 g/mol. The normalized spacial score (nSPS) is 11.3. The molecule has 164 valence electrons. The third kappa shape index (κ3) is 5.43. The van der Waals surface area contributed by atoms with Gasteiger partial charge in [0.2, 0.25) is 5.95 Å². The molecule has 0 aliphatic rings. The first-order valence-electron chi connectivity index (χ1n) is 10.4. The fourth-order valence-electron chi connectivity index (χ4n) is 3.14. The second-order valence-electron chi connectivity index (χ2n) is 8.53. The highest BCUT2D eigenvalue weighted by atomic mass is 16.5. The Morgan fingerprint density at radius 3 is 2.50 bits per heavy atom. The van der Waals surface area contributed by atoms with Crippen LogP contribution < -0.4 is 10.1 Å². The molecule has 4 aromatic rings. The Bertz CT molecular complexity index is 1170. The van der Waals surface area contributed by atoms with Crippen LogP contribution in [-0.4, -0.2) is 20.7 Å². The second kappa shape index (κ2) is 9.09. The first kappa shape index (κ1) is 21.4. The molecule has 0 bridgehead atoms. The van der Waals surface area contributed by atoms with Crippen LogP contribution >= 0.6 is 0 Å². The van der Waals surface area contributed by atoms with Crippen molar-refractivity contribution in [3.05, 3.63) is 95.7 Å². The summed E-state index contributed by atoms with van der Waals surface area (Å²) in [7, 11) is 0. The lowest BCUT2D eigenvalue weighted by Crippen LogP contribution is -2.12. The number of furan rings is 1. The molecule has 0 radical (unpaired) electrons. The Labute approximate surface area is 187 Å². The van der Waals surface area contributed by atoms with Crippen LogP contribution in [-0.2, 0) is 18.6 Å². The number of anilines is 1. The lowest BCUT2D eigenvalue weighted by atomic mass is 9.87. The summed E-state index contributed by atoms with van der Waals surface area (Å²) in [4.78, 5) is 16.6. The van der Waals surface area contributed by atoms with Gasteiger partial charge in [-0.1, -0.05) is 63.2 Å². The molecule has 0 unspecified atom stereocenters. The van der Waals surface area contributed by atoms with E-state index in [1.807, 2.05) is 42.5 Å². The fraction of sp³-hybridized carbons (Fsp3) is 0.240. The van der Waals surface area contributed by atoms with E-state index in [0.717, 1.165) is 11.3 Å². The topological polar surface area (TPSA) is 82.2 Å². The molecule has 7 nitrogen and oxygen atoms in total. The predicted molar refractivity (Wildman–Crippen MR) is 122 cm³/mol. The predicted octanol–water partition coefficient (Wildman–Crippen LogP) is 5.05. The van der Waals surface area contributed by atoms with Crippen LogP contribution in [0.25, 0.3) is 0 Å². The summed E-state index contributed by atoms with van der Waals surface area (Å²) in [5.41, 5.74) is 2.43. The zero-order valence-electron chi connectivity index (χ0n) is 18.4. The maximum Gasteiger partial charge on any atom is 0.293 e. The van der Waals surface area contributed by atoms with Gasteiger partial charge in [-0.25, -0.2) is 9.67 Å². The van der Waals surface area contributed by atoms with Gasteiger partial charge in [0.05, 0.1) is 6.54 Å². The molecule has 32 heavy (non-hydrogen) atoms. The van der Waals surface area contributed by atoms with Crippen LogP contribution in [0.4, 0.5) is 5.95 Å². The van der Waals surface area contributed by atoms with Gasteiger partial charge in [-0.2, -0.15) is 0 Å². The van der Waals surface area contributed by atoms with Crippen molar-refractivity contribution in [1.82, 2.24) is 14.8 Å². The summed E-state index contributed by atoms with van der Waals surface area (Å²) in [6, 6.07) is 21.2. The largest absolute Gasteiger partial charge is 0.486 e.